The molecule has 0 atom stereocenters. The maximum Gasteiger partial charge on any atom is 0.255 e. The molecular formula is C17H23IN4O. The highest BCUT2D eigenvalue weighted by atomic mass is 127. The highest BCUT2D eigenvalue weighted by Crippen LogP contribution is 2.13. The van der Waals surface area contributed by atoms with Crippen LogP contribution in [0.1, 0.15) is 22.4 Å². The Morgan fingerprint density at radius 3 is 2.39 bits per heavy atom. The summed E-state index contributed by atoms with van der Waals surface area (Å²) in [7, 11) is 1.75. The van der Waals surface area contributed by atoms with E-state index in [1.165, 1.54) is 0 Å². The Morgan fingerprint density at radius 2 is 1.78 bits per heavy atom. The molecule has 0 aliphatic heterocycles. The fourth-order valence-electron chi connectivity index (χ4n) is 2.30. The highest BCUT2D eigenvalue weighted by Gasteiger charge is 2.03. The van der Waals surface area contributed by atoms with Crippen molar-refractivity contribution in [2.45, 2.75) is 27.3 Å². The molecule has 0 fully saturated rings. The Balaban J connectivity index is 0.00000264. The molecule has 0 spiro atoms. The Hall–Kier alpha value is -1.83. The minimum atomic E-state index is -0.0389. The van der Waals surface area contributed by atoms with Gasteiger partial charge >= 0.3 is 0 Å². The summed E-state index contributed by atoms with van der Waals surface area (Å²) in [6.07, 6.45) is 0. The number of nitrogens with one attached hydrogen (secondary N) is 1. The number of nitrogens with two attached hydrogens (primary N) is 1. The van der Waals surface area contributed by atoms with Crippen LogP contribution in [0.25, 0.3) is 0 Å². The molecule has 2 rings (SSSR count). The van der Waals surface area contributed by atoms with Gasteiger partial charge in [0.1, 0.15) is 0 Å². The van der Waals surface area contributed by atoms with Crippen molar-refractivity contribution in [1.82, 2.24) is 4.57 Å². The van der Waals surface area contributed by atoms with Gasteiger partial charge in [0.25, 0.3) is 5.56 Å². The normalized spacial score (nSPS) is 11.0. The number of aryl methyl sites for hydroxylation is 3. The topological polar surface area (TPSA) is 72.4 Å². The van der Waals surface area contributed by atoms with Crippen LogP contribution < -0.4 is 16.6 Å². The van der Waals surface area contributed by atoms with Crippen LogP contribution in [0.15, 0.2) is 40.1 Å². The molecule has 0 unspecified atom stereocenters. The maximum absolute atomic E-state index is 12.1. The number of hydrogen-bond acceptors (Lipinski definition) is 2. The van der Waals surface area contributed by atoms with Crippen molar-refractivity contribution in [1.29, 1.82) is 0 Å². The van der Waals surface area contributed by atoms with E-state index in [-0.39, 0.29) is 36.1 Å². The molecule has 0 aliphatic carbocycles. The number of rotatable bonds is 3. The van der Waals surface area contributed by atoms with Crippen LogP contribution in [0.4, 0.5) is 5.69 Å². The molecule has 5 nitrogen and oxygen atoms in total. The van der Waals surface area contributed by atoms with Crippen molar-refractivity contribution in [3.63, 3.8) is 0 Å². The van der Waals surface area contributed by atoms with Crippen LogP contribution in [0.2, 0.25) is 0 Å². The van der Waals surface area contributed by atoms with Crippen molar-refractivity contribution in [2.75, 3.05) is 5.32 Å². The zero-order valence-electron chi connectivity index (χ0n) is 13.9. The molecule has 0 radical (unpaired) electrons. The second-order valence-corrected chi connectivity index (χ2v) is 5.57. The summed E-state index contributed by atoms with van der Waals surface area (Å²) >= 11 is 0. The number of anilines is 1. The molecule has 0 aliphatic rings. The van der Waals surface area contributed by atoms with Crippen LogP contribution in [0, 0.1) is 20.8 Å². The average molecular weight is 426 g/mol. The average Bonchev–Trinajstić information content (AvgIpc) is 2.43. The van der Waals surface area contributed by atoms with Crippen molar-refractivity contribution in [3.8, 4) is 0 Å². The third kappa shape index (κ3) is 5.09. The minimum Gasteiger partial charge on any atom is -0.370 e. The summed E-state index contributed by atoms with van der Waals surface area (Å²) in [4.78, 5) is 16.3. The van der Waals surface area contributed by atoms with E-state index in [4.69, 9.17) is 5.73 Å². The van der Waals surface area contributed by atoms with Crippen LogP contribution in [0.3, 0.4) is 0 Å². The summed E-state index contributed by atoms with van der Waals surface area (Å²) in [6, 6.07) is 9.79. The van der Waals surface area contributed by atoms with Crippen molar-refractivity contribution in [2.24, 2.45) is 17.8 Å². The fraction of sp³-hybridized carbons (Fsp3) is 0.294. The highest BCUT2D eigenvalue weighted by molar-refractivity contribution is 14.0. The smallest absolute Gasteiger partial charge is 0.255 e. The zero-order valence-corrected chi connectivity index (χ0v) is 16.2. The van der Waals surface area contributed by atoms with E-state index in [1.807, 2.05) is 39.0 Å². The third-order valence-electron chi connectivity index (χ3n) is 3.55. The second kappa shape index (κ2) is 8.14. The van der Waals surface area contributed by atoms with Gasteiger partial charge < -0.3 is 15.6 Å². The van der Waals surface area contributed by atoms with E-state index in [0.29, 0.717) is 11.5 Å². The summed E-state index contributed by atoms with van der Waals surface area (Å²) in [5, 5.41) is 3.06. The first-order valence-electron chi connectivity index (χ1n) is 7.17. The van der Waals surface area contributed by atoms with Gasteiger partial charge in [-0.2, -0.15) is 0 Å². The number of benzene rings is 1. The molecular weight excluding hydrogens is 403 g/mol. The van der Waals surface area contributed by atoms with Crippen molar-refractivity contribution >= 4 is 35.6 Å². The van der Waals surface area contributed by atoms with Gasteiger partial charge in [0.15, 0.2) is 5.96 Å². The molecule has 6 heteroatoms. The van der Waals surface area contributed by atoms with E-state index in [9.17, 15) is 4.79 Å². The first-order valence-corrected chi connectivity index (χ1v) is 7.17. The van der Waals surface area contributed by atoms with Crippen molar-refractivity contribution in [3.05, 3.63) is 63.1 Å². The molecule has 1 aromatic carbocycles. The van der Waals surface area contributed by atoms with Crippen molar-refractivity contribution < 1.29 is 0 Å². The Labute approximate surface area is 153 Å². The van der Waals surface area contributed by atoms with E-state index in [2.05, 4.69) is 16.4 Å². The first kappa shape index (κ1) is 19.2. The third-order valence-corrected chi connectivity index (χ3v) is 3.55. The van der Waals surface area contributed by atoms with Gasteiger partial charge in [-0.05, 0) is 56.2 Å². The van der Waals surface area contributed by atoms with Gasteiger partial charge in [-0.3, -0.25) is 4.79 Å². The number of hydrogen-bond donors (Lipinski definition) is 2. The number of aromatic nitrogens is 1. The quantitative estimate of drug-likeness (QED) is 0.451. The van der Waals surface area contributed by atoms with Gasteiger partial charge in [0.05, 0.1) is 6.54 Å². The summed E-state index contributed by atoms with van der Waals surface area (Å²) in [5.74, 6) is 0.299. The molecule has 0 saturated heterocycles. The lowest BCUT2D eigenvalue weighted by Crippen LogP contribution is -2.25. The molecule has 1 heterocycles. The predicted octanol–water partition coefficient (Wildman–Crippen LogP) is 2.86. The SMILES string of the molecule is Cc1cc(C)cc(NC(N)=NCc2ccc(C)n(C)c2=O)c1.I. The molecule has 3 N–H and O–H groups in total. The number of guanidine groups is 1. The van der Waals surface area contributed by atoms with E-state index < -0.39 is 0 Å². The summed E-state index contributed by atoms with van der Waals surface area (Å²) < 4.78 is 1.61. The Bertz CT molecular complexity index is 760. The van der Waals surface area contributed by atoms with E-state index in [0.717, 1.165) is 22.5 Å². The molecule has 1 aromatic heterocycles. The van der Waals surface area contributed by atoms with Gasteiger partial charge in [-0.15, -0.1) is 24.0 Å². The first-order chi connectivity index (χ1) is 10.4. The standard InChI is InChI=1S/C17H22N4O.HI/c1-11-7-12(2)9-15(8-11)20-17(18)19-10-14-6-5-13(3)21(4)16(14)22;/h5-9H,10H2,1-4H3,(H3,18,19,20);1H. The lowest BCUT2D eigenvalue weighted by atomic mass is 10.1. The van der Waals surface area contributed by atoms with Gasteiger partial charge in [-0.25, -0.2) is 4.99 Å². The molecule has 2 aromatic rings. The monoisotopic (exact) mass is 426 g/mol. The summed E-state index contributed by atoms with van der Waals surface area (Å²) in [6.45, 7) is 6.21. The molecule has 23 heavy (non-hydrogen) atoms. The lowest BCUT2D eigenvalue weighted by molar-refractivity contribution is 0.795. The fourth-order valence-corrected chi connectivity index (χ4v) is 2.30. The largest absolute Gasteiger partial charge is 0.370 e. The van der Waals surface area contributed by atoms with E-state index >= 15 is 0 Å². The second-order valence-electron chi connectivity index (χ2n) is 5.57. The molecule has 0 saturated carbocycles. The van der Waals surface area contributed by atoms with Gasteiger partial charge in [0.2, 0.25) is 0 Å². The summed E-state index contributed by atoms with van der Waals surface area (Å²) in [5.41, 5.74) is 10.6. The number of aliphatic imine (C=N–C) groups is 1. The number of nitrogens with zero attached hydrogens (tertiary/aromatic N) is 2. The van der Waals surface area contributed by atoms with Gasteiger partial charge in [0, 0.05) is 24.0 Å². The lowest BCUT2D eigenvalue weighted by Gasteiger charge is -2.08. The Kier molecular flexibility index (Phi) is 6.80. The Morgan fingerprint density at radius 1 is 1.17 bits per heavy atom. The number of pyridine rings is 1. The predicted molar refractivity (Wildman–Crippen MR) is 107 cm³/mol. The molecule has 0 amide bonds. The van der Waals surface area contributed by atoms with Crippen LogP contribution in [-0.4, -0.2) is 10.5 Å². The maximum atomic E-state index is 12.1. The zero-order chi connectivity index (χ0) is 16.3. The minimum absolute atomic E-state index is 0. The molecule has 124 valence electrons. The van der Waals surface area contributed by atoms with Crippen LogP contribution >= 0.6 is 24.0 Å². The number of halogens is 1. The van der Waals surface area contributed by atoms with Crippen LogP contribution in [-0.2, 0) is 13.6 Å². The van der Waals surface area contributed by atoms with E-state index in [1.54, 1.807) is 17.7 Å². The van der Waals surface area contributed by atoms with Crippen LogP contribution in [0.5, 0.6) is 0 Å². The van der Waals surface area contributed by atoms with Gasteiger partial charge in [-0.1, -0.05) is 6.07 Å². The molecule has 0 bridgehead atoms.